The molecule has 178 valence electrons. The third kappa shape index (κ3) is 4.85. The number of fused-ring (bicyclic) bond motifs is 1. The minimum atomic E-state index is -0.534. The molecule has 3 aromatic carbocycles. The number of Topliss-reactive ketones (excluding diaryl/α,β-unsaturated/α-hetero) is 1. The molecule has 5 rings (SSSR count). The van der Waals surface area contributed by atoms with Gasteiger partial charge in [-0.15, -0.1) is 0 Å². The number of likely N-dealkylation sites (tertiary alicyclic amines) is 1. The van der Waals surface area contributed by atoms with Crippen LogP contribution in [0.4, 0.5) is 0 Å². The van der Waals surface area contributed by atoms with E-state index in [4.69, 9.17) is 9.47 Å². The fourth-order valence-electron chi connectivity index (χ4n) is 4.89. The third-order valence-electron chi connectivity index (χ3n) is 6.78. The van der Waals surface area contributed by atoms with Gasteiger partial charge in [0.2, 0.25) is 0 Å². The van der Waals surface area contributed by atoms with Gasteiger partial charge in [-0.3, -0.25) is 9.59 Å². The summed E-state index contributed by atoms with van der Waals surface area (Å²) < 4.78 is 11.9. The molecule has 2 aliphatic rings. The SMILES string of the molecule is CCOc1ccc(/C=C(/C(=O)N2CCC3(CC2)CC(=O)c2ccccc2O3)c2ccccc2)cc1. The van der Waals surface area contributed by atoms with Gasteiger partial charge in [0.1, 0.15) is 17.1 Å². The summed E-state index contributed by atoms with van der Waals surface area (Å²) in [6.07, 6.45) is 3.56. The summed E-state index contributed by atoms with van der Waals surface area (Å²) in [6, 6.07) is 25.0. The first kappa shape index (κ1) is 22.9. The van der Waals surface area contributed by atoms with E-state index in [0.29, 0.717) is 55.8 Å². The van der Waals surface area contributed by atoms with Crippen LogP contribution in [0.1, 0.15) is 47.7 Å². The molecule has 0 bridgehead atoms. The van der Waals surface area contributed by atoms with Crippen molar-refractivity contribution < 1.29 is 19.1 Å². The molecule has 5 nitrogen and oxygen atoms in total. The summed E-state index contributed by atoms with van der Waals surface area (Å²) in [6.45, 7) is 3.65. The van der Waals surface area contributed by atoms with E-state index in [1.54, 1.807) is 0 Å². The first-order chi connectivity index (χ1) is 17.1. The largest absolute Gasteiger partial charge is 0.494 e. The van der Waals surface area contributed by atoms with Crippen LogP contribution in [0.3, 0.4) is 0 Å². The predicted molar refractivity (Wildman–Crippen MR) is 136 cm³/mol. The number of hydrogen-bond donors (Lipinski definition) is 0. The van der Waals surface area contributed by atoms with Gasteiger partial charge in [0.15, 0.2) is 5.78 Å². The Labute approximate surface area is 206 Å². The molecule has 1 spiro atoms. The topological polar surface area (TPSA) is 55.8 Å². The summed E-state index contributed by atoms with van der Waals surface area (Å²) in [7, 11) is 0. The van der Waals surface area contributed by atoms with Crippen molar-refractivity contribution in [3.63, 3.8) is 0 Å². The number of carbonyl (C=O) groups excluding carboxylic acids is 2. The average Bonchev–Trinajstić information content (AvgIpc) is 2.89. The van der Waals surface area contributed by atoms with Crippen molar-refractivity contribution in [3.05, 3.63) is 95.6 Å². The number of ketones is 1. The van der Waals surface area contributed by atoms with Gasteiger partial charge in [-0.2, -0.15) is 0 Å². The van der Waals surface area contributed by atoms with E-state index in [9.17, 15) is 9.59 Å². The highest BCUT2D eigenvalue weighted by atomic mass is 16.5. The Morgan fingerprint density at radius 2 is 1.66 bits per heavy atom. The highest BCUT2D eigenvalue weighted by Crippen LogP contribution is 2.39. The second-order valence-corrected chi connectivity index (χ2v) is 9.10. The minimum absolute atomic E-state index is 0.0116. The second kappa shape index (κ2) is 9.79. The molecule has 0 radical (unpaired) electrons. The molecule has 0 atom stereocenters. The molecular weight excluding hydrogens is 438 g/mol. The molecule has 0 unspecified atom stereocenters. The molecule has 0 aliphatic carbocycles. The maximum absolute atomic E-state index is 13.7. The highest BCUT2D eigenvalue weighted by Gasteiger charge is 2.43. The first-order valence-electron chi connectivity index (χ1n) is 12.2. The number of amides is 1. The van der Waals surface area contributed by atoms with Gasteiger partial charge >= 0.3 is 0 Å². The maximum atomic E-state index is 13.7. The van der Waals surface area contributed by atoms with E-state index >= 15 is 0 Å². The van der Waals surface area contributed by atoms with Crippen molar-refractivity contribution in [2.45, 2.75) is 31.8 Å². The molecule has 1 fully saturated rings. The molecule has 0 saturated carbocycles. The summed E-state index contributed by atoms with van der Waals surface area (Å²) in [5.41, 5.74) is 2.59. The molecule has 2 heterocycles. The predicted octanol–water partition coefficient (Wildman–Crippen LogP) is 5.65. The number of carbonyl (C=O) groups is 2. The standard InChI is InChI=1S/C30H29NO4/c1-2-34-24-14-12-22(13-15-24)20-26(23-8-4-3-5-9-23)29(33)31-18-16-30(17-19-31)21-27(32)25-10-6-7-11-28(25)35-30/h3-15,20H,2,16-19,21H2,1H3/b26-20+. The van der Waals surface area contributed by atoms with Crippen LogP contribution in [0, 0.1) is 0 Å². The van der Waals surface area contributed by atoms with Gasteiger partial charge in [-0.25, -0.2) is 0 Å². The lowest BCUT2D eigenvalue weighted by Gasteiger charge is -2.44. The number of benzene rings is 3. The smallest absolute Gasteiger partial charge is 0.254 e. The quantitative estimate of drug-likeness (QED) is 0.359. The average molecular weight is 468 g/mol. The number of nitrogens with zero attached hydrogens (tertiary/aromatic N) is 1. The van der Waals surface area contributed by atoms with E-state index in [-0.39, 0.29) is 11.7 Å². The van der Waals surface area contributed by atoms with E-state index < -0.39 is 5.60 Å². The molecule has 35 heavy (non-hydrogen) atoms. The third-order valence-corrected chi connectivity index (χ3v) is 6.78. The van der Waals surface area contributed by atoms with Crippen molar-refractivity contribution in [1.82, 2.24) is 4.90 Å². The lowest BCUT2D eigenvalue weighted by atomic mass is 9.82. The monoisotopic (exact) mass is 467 g/mol. The molecule has 1 amide bonds. The van der Waals surface area contributed by atoms with Gasteiger partial charge in [-0.1, -0.05) is 54.6 Å². The normalized spacial score (nSPS) is 17.0. The molecule has 0 N–H and O–H groups in total. The van der Waals surface area contributed by atoms with Crippen LogP contribution < -0.4 is 9.47 Å². The van der Waals surface area contributed by atoms with Crippen molar-refractivity contribution in [2.75, 3.05) is 19.7 Å². The summed E-state index contributed by atoms with van der Waals surface area (Å²) in [4.78, 5) is 28.4. The number of rotatable bonds is 5. The zero-order valence-corrected chi connectivity index (χ0v) is 19.9. The number of ether oxygens (including phenoxy) is 2. The van der Waals surface area contributed by atoms with Gasteiger partial charge in [-0.05, 0) is 48.4 Å². The molecule has 0 aromatic heterocycles. The molecule has 1 saturated heterocycles. The highest BCUT2D eigenvalue weighted by molar-refractivity contribution is 6.24. The van der Waals surface area contributed by atoms with Crippen molar-refractivity contribution in [2.24, 2.45) is 0 Å². The van der Waals surface area contributed by atoms with Crippen LogP contribution in [-0.4, -0.2) is 41.9 Å². The number of para-hydroxylation sites is 1. The van der Waals surface area contributed by atoms with E-state index in [0.717, 1.165) is 16.9 Å². The lowest BCUT2D eigenvalue weighted by Crippen LogP contribution is -2.52. The zero-order chi connectivity index (χ0) is 24.3. The van der Waals surface area contributed by atoms with Gasteiger partial charge < -0.3 is 14.4 Å². The zero-order valence-electron chi connectivity index (χ0n) is 19.9. The van der Waals surface area contributed by atoms with Crippen LogP contribution in [0.15, 0.2) is 78.9 Å². The Bertz CT molecular complexity index is 1240. The number of hydrogen-bond acceptors (Lipinski definition) is 4. The van der Waals surface area contributed by atoms with E-state index in [1.165, 1.54) is 0 Å². The van der Waals surface area contributed by atoms with E-state index in [1.807, 2.05) is 96.8 Å². The fraction of sp³-hybridized carbons (Fsp3) is 0.267. The van der Waals surface area contributed by atoms with Crippen molar-refractivity contribution >= 4 is 23.3 Å². The fourth-order valence-corrected chi connectivity index (χ4v) is 4.89. The van der Waals surface area contributed by atoms with Crippen LogP contribution in [0.5, 0.6) is 11.5 Å². The van der Waals surface area contributed by atoms with Crippen LogP contribution in [-0.2, 0) is 4.79 Å². The Hall–Kier alpha value is -3.86. The molecule has 2 aliphatic heterocycles. The lowest BCUT2D eigenvalue weighted by molar-refractivity contribution is -0.128. The number of piperidine rings is 1. The Morgan fingerprint density at radius 3 is 2.37 bits per heavy atom. The Kier molecular flexibility index (Phi) is 6.41. The summed E-state index contributed by atoms with van der Waals surface area (Å²) >= 11 is 0. The summed E-state index contributed by atoms with van der Waals surface area (Å²) in [5.74, 6) is 1.57. The van der Waals surface area contributed by atoms with Crippen molar-refractivity contribution in [1.29, 1.82) is 0 Å². The minimum Gasteiger partial charge on any atom is -0.494 e. The van der Waals surface area contributed by atoms with Crippen molar-refractivity contribution in [3.8, 4) is 11.5 Å². The Morgan fingerprint density at radius 1 is 0.971 bits per heavy atom. The van der Waals surface area contributed by atoms with Crippen LogP contribution >= 0.6 is 0 Å². The molecular formula is C30H29NO4. The maximum Gasteiger partial charge on any atom is 0.254 e. The van der Waals surface area contributed by atoms with Gasteiger partial charge in [0.25, 0.3) is 5.91 Å². The van der Waals surface area contributed by atoms with Gasteiger partial charge in [0.05, 0.1) is 18.6 Å². The van der Waals surface area contributed by atoms with Crippen LogP contribution in [0.2, 0.25) is 0 Å². The van der Waals surface area contributed by atoms with Gasteiger partial charge in [0, 0.05) is 31.5 Å². The second-order valence-electron chi connectivity index (χ2n) is 9.10. The first-order valence-corrected chi connectivity index (χ1v) is 12.2. The van der Waals surface area contributed by atoms with Crippen LogP contribution in [0.25, 0.3) is 11.6 Å². The Balaban J connectivity index is 1.36. The van der Waals surface area contributed by atoms with E-state index in [2.05, 4.69) is 0 Å². The summed E-state index contributed by atoms with van der Waals surface area (Å²) in [5, 5.41) is 0. The molecule has 5 heteroatoms. The molecule has 3 aromatic rings.